The molecule has 0 saturated heterocycles. The van der Waals surface area contributed by atoms with Crippen molar-refractivity contribution in [3.05, 3.63) is 53.6 Å². The molecule has 0 saturated carbocycles. The molecular weight excluding hydrogens is 297 g/mol. The smallest absolute Gasteiger partial charge is 0.416 e. The number of hydrogen-bond donors (Lipinski definition) is 0. The molecule has 1 nitrogen and oxygen atoms in total. The molecule has 0 heterocycles. The molecule has 5 heteroatoms. The van der Waals surface area contributed by atoms with Gasteiger partial charge in [-0.1, -0.05) is 24.8 Å². The molecule has 21 heavy (non-hydrogen) atoms. The monoisotopic (exact) mass is 312 g/mol. The zero-order chi connectivity index (χ0) is 15.5. The first kappa shape index (κ1) is 15.8. The number of alkyl halides is 3. The highest BCUT2D eigenvalue weighted by atomic mass is 32.2. The fraction of sp³-hybridized carbons (Fsp3) is 0.250. The van der Waals surface area contributed by atoms with Crippen LogP contribution in [0.1, 0.15) is 18.1 Å². The third kappa shape index (κ3) is 3.94. The quantitative estimate of drug-likeness (QED) is 0.744. The molecule has 0 amide bonds. The molecule has 0 aliphatic heterocycles. The van der Waals surface area contributed by atoms with Gasteiger partial charge in [-0.3, -0.25) is 0 Å². The zero-order valence-electron chi connectivity index (χ0n) is 11.7. The van der Waals surface area contributed by atoms with Gasteiger partial charge in [0.15, 0.2) is 0 Å². The van der Waals surface area contributed by atoms with E-state index in [0.29, 0.717) is 16.9 Å². The number of methoxy groups -OCH3 is 1. The molecule has 0 aromatic heterocycles. The van der Waals surface area contributed by atoms with Crippen molar-refractivity contribution in [2.45, 2.75) is 29.3 Å². The molecule has 2 aromatic rings. The van der Waals surface area contributed by atoms with Gasteiger partial charge in [-0.15, -0.1) is 0 Å². The first-order valence-electron chi connectivity index (χ1n) is 6.46. The van der Waals surface area contributed by atoms with E-state index >= 15 is 0 Å². The second kappa shape index (κ2) is 6.43. The van der Waals surface area contributed by atoms with Crippen LogP contribution in [-0.2, 0) is 12.6 Å². The average molecular weight is 312 g/mol. The summed E-state index contributed by atoms with van der Waals surface area (Å²) in [6, 6.07) is 11.7. The Morgan fingerprint density at radius 2 is 1.62 bits per heavy atom. The summed E-state index contributed by atoms with van der Waals surface area (Å²) in [5.74, 6) is 0.719. The van der Waals surface area contributed by atoms with E-state index in [0.717, 1.165) is 10.6 Å². The highest BCUT2D eigenvalue weighted by molar-refractivity contribution is 7.99. The van der Waals surface area contributed by atoms with Crippen molar-refractivity contribution < 1.29 is 17.9 Å². The number of ether oxygens (including phenoxy) is 1. The topological polar surface area (TPSA) is 9.23 Å². The van der Waals surface area contributed by atoms with Gasteiger partial charge in [0.1, 0.15) is 5.75 Å². The van der Waals surface area contributed by atoms with Crippen molar-refractivity contribution in [2.24, 2.45) is 0 Å². The largest absolute Gasteiger partial charge is 0.497 e. The van der Waals surface area contributed by atoms with Crippen molar-refractivity contribution in [1.29, 1.82) is 0 Å². The van der Waals surface area contributed by atoms with Gasteiger partial charge in [0.2, 0.25) is 0 Å². The molecule has 0 unspecified atom stereocenters. The van der Waals surface area contributed by atoms with Gasteiger partial charge in [0.25, 0.3) is 0 Å². The normalized spacial score (nSPS) is 11.5. The summed E-state index contributed by atoms with van der Waals surface area (Å²) in [7, 11) is 1.57. The van der Waals surface area contributed by atoms with Gasteiger partial charge in [0.05, 0.1) is 12.7 Å². The van der Waals surface area contributed by atoms with Crippen LogP contribution >= 0.6 is 11.8 Å². The van der Waals surface area contributed by atoms with E-state index in [1.807, 2.05) is 12.1 Å². The Hall–Kier alpha value is -1.62. The van der Waals surface area contributed by atoms with Crippen LogP contribution in [0.3, 0.4) is 0 Å². The second-order valence-electron chi connectivity index (χ2n) is 4.45. The van der Waals surface area contributed by atoms with Gasteiger partial charge in [0, 0.05) is 9.79 Å². The Bertz CT molecular complexity index is 606. The highest BCUT2D eigenvalue weighted by Gasteiger charge is 2.33. The van der Waals surface area contributed by atoms with Gasteiger partial charge in [-0.25, -0.2) is 0 Å². The molecule has 0 N–H and O–H groups in total. The molecule has 0 fully saturated rings. The third-order valence-corrected chi connectivity index (χ3v) is 4.06. The lowest BCUT2D eigenvalue weighted by atomic mass is 10.1. The minimum atomic E-state index is -4.32. The number of rotatable bonds is 4. The van der Waals surface area contributed by atoms with E-state index in [1.54, 1.807) is 38.3 Å². The summed E-state index contributed by atoms with van der Waals surface area (Å²) in [5.41, 5.74) is -0.231. The molecule has 2 aromatic carbocycles. The molecule has 0 spiro atoms. The molecule has 0 bridgehead atoms. The second-order valence-corrected chi connectivity index (χ2v) is 5.59. The van der Waals surface area contributed by atoms with E-state index in [4.69, 9.17) is 4.74 Å². The standard InChI is InChI=1S/C16H15F3OS/c1-3-11-4-7-14(10-15(11)16(17,18)19)21-13-8-5-12(20-2)6-9-13/h4-10H,3H2,1-2H3. The minimum Gasteiger partial charge on any atom is -0.497 e. The highest BCUT2D eigenvalue weighted by Crippen LogP contribution is 2.37. The van der Waals surface area contributed by atoms with Crippen molar-refractivity contribution in [2.75, 3.05) is 7.11 Å². The van der Waals surface area contributed by atoms with Crippen molar-refractivity contribution in [1.82, 2.24) is 0 Å². The Morgan fingerprint density at radius 3 is 2.14 bits per heavy atom. The number of aryl methyl sites for hydroxylation is 1. The summed E-state index contributed by atoms with van der Waals surface area (Å²) < 4.78 is 44.1. The van der Waals surface area contributed by atoms with Crippen LogP contribution < -0.4 is 4.74 Å². The maximum absolute atomic E-state index is 13.0. The van der Waals surface area contributed by atoms with Crippen LogP contribution in [-0.4, -0.2) is 7.11 Å². The Kier molecular flexibility index (Phi) is 4.83. The fourth-order valence-electron chi connectivity index (χ4n) is 1.97. The van der Waals surface area contributed by atoms with E-state index < -0.39 is 11.7 Å². The van der Waals surface area contributed by atoms with Gasteiger partial charge >= 0.3 is 6.18 Å². The Morgan fingerprint density at radius 1 is 1.00 bits per heavy atom. The first-order chi connectivity index (χ1) is 9.94. The first-order valence-corrected chi connectivity index (χ1v) is 7.27. The van der Waals surface area contributed by atoms with Crippen molar-refractivity contribution in [3.63, 3.8) is 0 Å². The van der Waals surface area contributed by atoms with E-state index in [1.165, 1.54) is 17.8 Å². The summed E-state index contributed by atoms with van der Waals surface area (Å²) >= 11 is 1.30. The summed E-state index contributed by atoms with van der Waals surface area (Å²) in [5, 5.41) is 0. The Labute approximate surface area is 126 Å². The average Bonchev–Trinajstić information content (AvgIpc) is 2.47. The maximum atomic E-state index is 13.0. The summed E-state index contributed by atoms with van der Waals surface area (Å²) in [6.07, 6.45) is -3.95. The molecule has 2 rings (SSSR count). The summed E-state index contributed by atoms with van der Waals surface area (Å²) in [4.78, 5) is 1.44. The van der Waals surface area contributed by atoms with Crippen LogP contribution in [0.2, 0.25) is 0 Å². The molecule has 0 aliphatic carbocycles. The predicted octanol–water partition coefficient (Wildman–Crippen LogP) is 5.43. The van der Waals surface area contributed by atoms with Gasteiger partial charge in [-0.2, -0.15) is 13.2 Å². The van der Waals surface area contributed by atoms with Crippen molar-refractivity contribution in [3.8, 4) is 5.75 Å². The van der Waals surface area contributed by atoms with Crippen LogP contribution in [0.4, 0.5) is 13.2 Å². The Balaban J connectivity index is 2.27. The van der Waals surface area contributed by atoms with E-state index in [-0.39, 0.29) is 0 Å². The third-order valence-electron chi connectivity index (χ3n) is 3.06. The molecule has 0 atom stereocenters. The lowest BCUT2D eigenvalue weighted by molar-refractivity contribution is -0.138. The van der Waals surface area contributed by atoms with Gasteiger partial charge < -0.3 is 4.74 Å². The molecule has 0 aliphatic rings. The summed E-state index contributed by atoms with van der Waals surface area (Å²) in [6.45, 7) is 1.72. The maximum Gasteiger partial charge on any atom is 0.416 e. The lowest BCUT2D eigenvalue weighted by Crippen LogP contribution is -2.08. The van der Waals surface area contributed by atoms with E-state index in [9.17, 15) is 13.2 Å². The van der Waals surface area contributed by atoms with Gasteiger partial charge in [-0.05, 0) is 48.4 Å². The number of benzene rings is 2. The minimum absolute atomic E-state index is 0.321. The fourth-order valence-corrected chi connectivity index (χ4v) is 2.83. The molecule has 0 radical (unpaired) electrons. The number of hydrogen-bond acceptors (Lipinski definition) is 2. The number of halogens is 3. The molecule has 112 valence electrons. The lowest BCUT2D eigenvalue weighted by Gasteiger charge is -2.13. The van der Waals surface area contributed by atoms with Crippen LogP contribution in [0.15, 0.2) is 52.3 Å². The zero-order valence-corrected chi connectivity index (χ0v) is 12.5. The van der Waals surface area contributed by atoms with Crippen LogP contribution in [0, 0.1) is 0 Å². The SMILES string of the molecule is CCc1ccc(Sc2ccc(OC)cc2)cc1C(F)(F)F. The van der Waals surface area contributed by atoms with Crippen LogP contribution in [0.5, 0.6) is 5.75 Å². The van der Waals surface area contributed by atoms with Crippen LogP contribution in [0.25, 0.3) is 0 Å². The molecular formula is C16H15F3OS. The van der Waals surface area contributed by atoms with Crippen molar-refractivity contribution >= 4 is 11.8 Å². The van der Waals surface area contributed by atoms with E-state index in [2.05, 4.69) is 0 Å². The predicted molar refractivity (Wildman–Crippen MR) is 77.9 cm³/mol.